The smallest absolute Gasteiger partial charge is 0.321 e. The van der Waals surface area contributed by atoms with Crippen LogP contribution in [0.5, 0.6) is 5.75 Å². The van der Waals surface area contributed by atoms with Gasteiger partial charge in [0.15, 0.2) is 5.65 Å². The number of ether oxygens (including phenoxy) is 1. The quantitative estimate of drug-likeness (QED) is 0.322. The van der Waals surface area contributed by atoms with E-state index >= 15 is 0 Å². The predicted octanol–water partition coefficient (Wildman–Crippen LogP) is 4.98. The van der Waals surface area contributed by atoms with Crippen LogP contribution in [-0.2, 0) is 4.79 Å². The Morgan fingerprint density at radius 2 is 1.86 bits per heavy atom. The minimum atomic E-state index is -3.50. The Balaban J connectivity index is 1.48. The summed E-state index contributed by atoms with van der Waals surface area (Å²) in [6.07, 6.45) is 4.54. The number of nitrogens with one attached hydrogen (secondary N) is 1. The predicted molar refractivity (Wildman–Crippen MR) is 135 cm³/mol. The molecule has 5 rings (SSSR count). The van der Waals surface area contributed by atoms with Gasteiger partial charge in [0, 0.05) is 18.5 Å². The summed E-state index contributed by atoms with van der Waals surface area (Å²) in [5.74, 6) is -4.50. The van der Waals surface area contributed by atoms with Crippen molar-refractivity contribution in [3.8, 4) is 11.4 Å². The Hall–Kier alpha value is -4.34. The second-order valence-electron chi connectivity index (χ2n) is 9.34. The first kappa shape index (κ1) is 24.4. The zero-order chi connectivity index (χ0) is 26.2. The lowest BCUT2D eigenvalue weighted by atomic mass is 9.92. The number of amides is 1. The lowest BCUT2D eigenvalue weighted by Crippen LogP contribution is -2.49. The van der Waals surface area contributed by atoms with Crippen LogP contribution in [0, 0.1) is 5.92 Å². The Labute approximate surface area is 211 Å². The van der Waals surface area contributed by atoms with Gasteiger partial charge in [0.2, 0.25) is 0 Å². The van der Waals surface area contributed by atoms with E-state index in [-0.39, 0.29) is 5.92 Å². The first-order chi connectivity index (χ1) is 17.7. The molecule has 3 aromatic heterocycles. The van der Waals surface area contributed by atoms with Gasteiger partial charge in [-0.05, 0) is 41.8 Å². The normalized spacial score (nSPS) is 13.7. The molecular weight excluding hydrogens is 478 g/mol. The number of hydrogen-bond acceptors (Lipinski definition) is 5. The van der Waals surface area contributed by atoms with Gasteiger partial charge in [0.1, 0.15) is 18.2 Å². The van der Waals surface area contributed by atoms with E-state index in [4.69, 9.17) is 4.74 Å². The number of benzene rings is 2. The van der Waals surface area contributed by atoms with Gasteiger partial charge in [0.05, 0.1) is 23.4 Å². The lowest BCUT2D eigenvalue weighted by Gasteiger charge is -2.32. The number of rotatable bonds is 8. The lowest BCUT2D eigenvalue weighted by molar-refractivity contribution is -0.145. The third-order valence-electron chi connectivity index (χ3n) is 6.19. The largest absolute Gasteiger partial charge is 0.484 e. The molecule has 37 heavy (non-hydrogen) atoms. The van der Waals surface area contributed by atoms with Gasteiger partial charge in [-0.3, -0.25) is 9.20 Å². The highest BCUT2D eigenvalue weighted by molar-refractivity contribution is 5.83. The van der Waals surface area contributed by atoms with Gasteiger partial charge in [-0.1, -0.05) is 44.2 Å². The summed E-state index contributed by atoms with van der Waals surface area (Å²) in [7, 11) is 0. The molecule has 0 spiro atoms. The van der Waals surface area contributed by atoms with Crippen LogP contribution in [0.2, 0.25) is 0 Å². The summed E-state index contributed by atoms with van der Waals surface area (Å²) < 4.78 is 37.5. The van der Waals surface area contributed by atoms with Crippen LogP contribution < -0.4 is 10.1 Å². The summed E-state index contributed by atoms with van der Waals surface area (Å²) in [5.41, 5.74) is 3.19. The second-order valence-corrected chi connectivity index (χ2v) is 9.34. The van der Waals surface area contributed by atoms with Gasteiger partial charge in [-0.25, -0.2) is 4.68 Å². The number of hydrogen-bond donors (Lipinski definition) is 1. The molecule has 3 heterocycles. The molecule has 2 atom stereocenters. The molecule has 1 amide bonds. The molecule has 0 bridgehead atoms. The average molecular weight is 505 g/mol. The van der Waals surface area contributed by atoms with Gasteiger partial charge < -0.3 is 10.1 Å². The molecule has 1 N–H and O–H groups in total. The highest BCUT2D eigenvalue weighted by Gasteiger charge is 2.37. The van der Waals surface area contributed by atoms with Crippen molar-refractivity contribution < 1.29 is 18.3 Å². The number of aromatic nitrogens is 5. The molecule has 0 saturated heterocycles. The molecule has 190 valence electrons. The Morgan fingerprint density at radius 1 is 1.08 bits per heavy atom. The Kier molecular flexibility index (Phi) is 6.32. The number of halogens is 2. The molecule has 0 radical (unpaired) electrons. The summed E-state index contributed by atoms with van der Waals surface area (Å²) >= 11 is 0. The summed E-state index contributed by atoms with van der Waals surface area (Å²) in [6.45, 7) is 4.31. The van der Waals surface area contributed by atoms with E-state index in [0.29, 0.717) is 12.7 Å². The number of fused-ring (bicyclic) bond motifs is 2. The maximum Gasteiger partial charge on any atom is 0.321 e. The van der Waals surface area contributed by atoms with E-state index < -0.39 is 24.0 Å². The molecule has 0 saturated carbocycles. The van der Waals surface area contributed by atoms with Crippen molar-refractivity contribution in [2.45, 2.75) is 38.8 Å². The summed E-state index contributed by atoms with van der Waals surface area (Å²) in [4.78, 5) is 12.2. The molecule has 0 aliphatic heterocycles. The number of alkyl halides is 2. The van der Waals surface area contributed by atoms with Gasteiger partial charge in [-0.15, -0.1) is 10.2 Å². The van der Waals surface area contributed by atoms with Crippen molar-refractivity contribution in [1.82, 2.24) is 29.7 Å². The minimum Gasteiger partial charge on any atom is -0.484 e. The maximum absolute atomic E-state index is 13.7. The third-order valence-corrected chi connectivity index (χ3v) is 6.19. The van der Waals surface area contributed by atoms with E-state index in [9.17, 15) is 13.6 Å². The molecule has 8 nitrogen and oxygen atoms in total. The molecule has 0 aliphatic carbocycles. The standard InChI is InChI=1S/C27H26F2N6O2/c1-17(2)24(32-26(36)27(3,28)29)25(18-7-5-4-6-8-18)37-21-10-11-22-19(13-21)14-31-35(22)20-9-12-23-33-30-16-34(23)15-20/h4-17,24-25H,1-3H3,(H,32,36)/t24-,25+/m0/s1. The number of carbonyl (C=O) groups is 1. The van der Waals surface area contributed by atoms with E-state index in [1.165, 1.54) is 0 Å². The molecule has 5 aromatic rings. The highest BCUT2D eigenvalue weighted by Crippen LogP contribution is 2.31. The number of carbonyl (C=O) groups excluding carboxylic acids is 1. The zero-order valence-corrected chi connectivity index (χ0v) is 20.5. The second kappa shape index (κ2) is 9.61. The van der Waals surface area contributed by atoms with Crippen molar-refractivity contribution in [3.05, 3.63) is 84.9 Å². The minimum absolute atomic E-state index is 0.185. The highest BCUT2D eigenvalue weighted by atomic mass is 19.3. The SMILES string of the molecule is CC(C)[C@H](NC(=O)C(C)(F)F)[C@H](Oc1ccc2c(cnn2-c2ccc3nncn3c2)c1)c1ccccc1. The zero-order valence-electron chi connectivity index (χ0n) is 20.5. The van der Waals surface area contributed by atoms with Crippen LogP contribution in [0.15, 0.2) is 79.4 Å². The van der Waals surface area contributed by atoms with Crippen molar-refractivity contribution >= 4 is 22.5 Å². The molecule has 0 fully saturated rings. The molecule has 0 unspecified atom stereocenters. The third kappa shape index (κ3) is 5.00. The molecule has 10 heteroatoms. The van der Waals surface area contributed by atoms with Gasteiger partial charge in [-0.2, -0.15) is 13.9 Å². The molecule has 2 aromatic carbocycles. The van der Waals surface area contributed by atoms with Crippen LogP contribution >= 0.6 is 0 Å². The van der Waals surface area contributed by atoms with Crippen molar-refractivity contribution in [1.29, 1.82) is 0 Å². The first-order valence-electron chi connectivity index (χ1n) is 11.9. The fourth-order valence-corrected chi connectivity index (χ4v) is 4.24. The fraction of sp³-hybridized carbons (Fsp3) is 0.259. The number of nitrogens with zero attached hydrogens (tertiary/aromatic N) is 5. The Morgan fingerprint density at radius 3 is 2.59 bits per heavy atom. The molecule has 0 aliphatic rings. The van der Waals surface area contributed by atoms with E-state index in [2.05, 4.69) is 20.6 Å². The molecular formula is C27H26F2N6O2. The van der Waals surface area contributed by atoms with Gasteiger partial charge >= 0.3 is 5.92 Å². The van der Waals surface area contributed by atoms with E-state index in [0.717, 1.165) is 27.8 Å². The fourth-order valence-electron chi connectivity index (χ4n) is 4.24. The topological polar surface area (TPSA) is 86.3 Å². The van der Waals surface area contributed by atoms with Crippen molar-refractivity contribution in [2.75, 3.05) is 0 Å². The van der Waals surface area contributed by atoms with E-state index in [1.807, 2.05) is 79.0 Å². The number of pyridine rings is 1. The average Bonchev–Trinajstić information content (AvgIpc) is 3.52. The van der Waals surface area contributed by atoms with E-state index in [1.54, 1.807) is 23.3 Å². The van der Waals surface area contributed by atoms with Crippen LogP contribution in [0.4, 0.5) is 8.78 Å². The van der Waals surface area contributed by atoms with Crippen molar-refractivity contribution in [2.24, 2.45) is 5.92 Å². The Bertz CT molecular complexity index is 1540. The first-order valence-corrected chi connectivity index (χ1v) is 11.9. The van der Waals surface area contributed by atoms with Crippen molar-refractivity contribution in [3.63, 3.8) is 0 Å². The summed E-state index contributed by atoms with van der Waals surface area (Å²) in [5, 5.41) is 15.8. The van der Waals surface area contributed by atoms with Gasteiger partial charge in [0.25, 0.3) is 5.91 Å². The van der Waals surface area contributed by atoms with Crippen LogP contribution in [0.3, 0.4) is 0 Å². The van der Waals surface area contributed by atoms with Crippen LogP contribution in [-0.4, -0.2) is 42.3 Å². The van der Waals surface area contributed by atoms with Crippen LogP contribution in [0.25, 0.3) is 22.2 Å². The summed E-state index contributed by atoms with van der Waals surface area (Å²) in [6, 6.07) is 17.9. The monoisotopic (exact) mass is 504 g/mol. The van der Waals surface area contributed by atoms with Crippen LogP contribution in [0.1, 0.15) is 32.4 Å². The maximum atomic E-state index is 13.7.